The van der Waals surface area contributed by atoms with Crippen LogP contribution in [-0.2, 0) is 29.1 Å². The minimum atomic E-state index is -0.702. The summed E-state index contributed by atoms with van der Waals surface area (Å²) in [6.45, 7) is 4.71. The maximum atomic E-state index is 14.2. The highest BCUT2D eigenvalue weighted by atomic mass is 35.5. The van der Waals surface area contributed by atoms with Crippen LogP contribution in [0.1, 0.15) is 30.5 Å². The van der Waals surface area contributed by atoms with Gasteiger partial charge in [-0.1, -0.05) is 102 Å². The van der Waals surface area contributed by atoms with E-state index in [-0.39, 0.29) is 43.5 Å². The van der Waals surface area contributed by atoms with Crippen molar-refractivity contribution >= 4 is 51.8 Å². The molecule has 0 radical (unpaired) electrons. The Morgan fingerprint density at radius 3 is 2.40 bits per heavy atom. The number of nitrogens with zero attached hydrogens (tertiary/aromatic N) is 4. The Kier molecular flexibility index (Phi) is 8.99. The van der Waals surface area contributed by atoms with E-state index >= 15 is 0 Å². The molecule has 2 saturated heterocycles. The quantitative estimate of drug-likeness (QED) is 0.252. The third kappa shape index (κ3) is 6.36. The van der Waals surface area contributed by atoms with Gasteiger partial charge in [-0.25, -0.2) is 4.79 Å². The standard InChI is InChI=1S/C35H35Cl2N5O3/c1-23(2)42(35(45)38-19-25-15-16-29(36)30(37)17-25)40-22-33(43)41-31(18-24-9-4-3-5-10-24)34(44)39(21-32(40)41)20-27-13-8-12-26-11-6-7-14-28(26)27/h3-17,23,31-32H,18-22H2,1-2H3,(H,38,45)/t31-,32?/m0/s1. The molecule has 2 fully saturated rings. The lowest BCUT2D eigenvalue weighted by atomic mass is 9.99. The first-order valence-corrected chi connectivity index (χ1v) is 15.8. The average molecular weight is 645 g/mol. The summed E-state index contributed by atoms with van der Waals surface area (Å²) in [6, 6.07) is 27.9. The fourth-order valence-corrected chi connectivity index (χ4v) is 6.71. The maximum Gasteiger partial charge on any atom is 0.332 e. The van der Waals surface area contributed by atoms with Crippen LogP contribution in [0.15, 0.2) is 91.0 Å². The van der Waals surface area contributed by atoms with Gasteiger partial charge < -0.3 is 15.1 Å². The van der Waals surface area contributed by atoms with E-state index < -0.39 is 12.2 Å². The van der Waals surface area contributed by atoms with Gasteiger partial charge in [-0.15, -0.1) is 0 Å². The van der Waals surface area contributed by atoms with E-state index in [2.05, 4.69) is 23.5 Å². The SMILES string of the molecule is CC(C)N(C(=O)NCc1ccc(Cl)c(Cl)c1)N1CC(=O)N2C1CN(Cc1cccc3ccccc13)C(=O)[C@@H]2Cc1ccccc1. The lowest BCUT2D eigenvalue weighted by Gasteiger charge is -2.47. The molecule has 232 valence electrons. The van der Waals surface area contributed by atoms with Crippen LogP contribution >= 0.6 is 23.2 Å². The molecular weight excluding hydrogens is 609 g/mol. The predicted molar refractivity (Wildman–Crippen MR) is 176 cm³/mol. The first-order chi connectivity index (χ1) is 21.7. The third-order valence-electron chi connectivity index (χ3n) is 8.48. The number of nitrogens with one attached hydrogen (secondary N) is 1. The number of piperazine rings is 1. The first-order valence-electron chi connectivity index (χ1n) is 15.1. The molecule has 2 atom stereocenters. The van der Waals surface area contributed by atoms with Crippen LogP contribution in [0, 0.1) is 0 Å². The van der Waals surface area contributed by atoms with E-state index in [4.69, 9.17) is 23.2 Å². The zero-order chi connectivity index (χ0) is 31.7. The average Bonchev–Trinajstić information content (AvgIpc) is 3.35. The van der Waals surface area contributed by atoms with Crippen LogP contribution in [0.5, 0.6) is 0 Å². The second kappa shape index (κ2) is 13.1. The number of hydrogen-bond donors (Lipinski definition) is 1. The van der Waals surface area contributed by atoms with Crippen molar-refractivity contribution in [2.45, 2.75) is 51.6 Å². The number of amides is 4. The Morgan fingerprint density at radius 2 is 1.64 bits per heavy atom. The molecule has 1 unspecified atom stereocenters. The predicted octanol–water partition coefficient (Wildman–Crippen LogP) is 6.11. The van der Waals surface area contributed by atoms with Crippen molar-refractivity contribution < 1.29 is 14.4 Å². The molecule has 0 spiro atoms. The molecule has 2 aliphatic rings. The Labute approximate surface area is 273 Å². The van der Waals surface area contributed by atoms with Gasteiger partial charge in [0.05, 0.1) is 23.1 Å². The lowest BCUT2D eigenvalue weighted by molar-refractivity contribution is -0.158. The van der Waals surface area contributed by atoms with E-state index in [1.54, 1.807) is 28.1 Å². The van der Waals surface area contributed by atoms with Crippen LogP contribution < -0.4 is 5.32 Å². The summed E-state index contributed by atoms with van der Waals surface area (Å²) in [5.41, 5.74) is 2.80. The van der Waals surface area contributed by atoms with E-state index in [1.165, 1.54) is 0 Å². The molecule has 2 heterocycles. The summed E-state index contributed by atoms with van der Waals surface area (Å²) in [7, 11) is 0. The molecule has 8 nitrogen and oxygen atoms in total. The number of hydrazine groups is 1. The smallest absolute Gasteiger partial charge is 0.332 e. The van der Waals surface area contributed by atoms with Gasteiger partial charge in [-0.05, 0) is 53.4 Å². The molecular formula is C35H35Cl2N5O3. The summed E-state index contributed by atoms with van der Waals surface area (Å²) >= 11 is 12.3. The summed E-state index contributed by atoms with van der Waals surface area (Å²) in [6.07, 6.45) is -0.135. The monoisotopic (exact) mass is 643 g/mol. The molecule has 6 rings (SSSR count). The van der Waals surface area contributed by atoms with Gasteiger partial charge in [-0.2, -0.15) is 5.01 Å². The molecule has 4 aromatic rings. The van der Waals surface area contributed by atoms with Crippen molar-refractivity contribution in [3.63, 3.8) is 0 Å². The fourth-order valence-electron chi connectivity index (χ4n) is 6.39. The Bertz CT molecular complexity index is 1730. The van der Waals surface area contributed by atoms with Gasteiger partial charge in [0.1, 0.15) is 12.2 Å². The number of carbonyl (C=O) groups is 3. The van der Waals surface area contributed by atoms with Gasteiger partial charge in [0.2, 0.25) is 11.8 Å². The van der Waals surface area contributed by atoms with Gasteiger partial charge in [0.15, 0.2) is 0 Å². The Balaban J connectivity index is 1.31. The lowest BCUT2D eigenvalue weighted by Crippen LogP contribution is -2.66. The van der Waals surface area contributed by atoms with Crippen LogP contribution in [0.25, 0.3) is 10.8 Å². The van der Waals surface area contributed by atoms with Crippen molar-refractivity contribution in [2.24, 2.45) is 0 Å². The molecule has 4 amide bonds. The normalized spacial score (nSPS) is 18.5. The van der Waals surface area contributed by atoms with Crippen molar-refractivity contribution in [1.82, 2.24) is 25.1 Å². The summed E-state index contributed by atoms with van der Waals surface area (Å²) in [4.78, 5) is 45.2. The number of rotatable bonds is 8. The second-order valence-electron chi connectivity index (χ2n) is 11.8. The molecule has 0 saturated carbocycles. The largest absolute Gasteiger partial charge is 0.333 e. The number of hydrogen-bond acceptors (Lipinski definition) is 4. The van der Waals surface area contributed by atoms with E-state index in [0.29, 0.717) is 23.0 Å². The van der Waals surface area contributed by atoms with Crippen LogP contribution in [0.2, 0.25) is 10.0 Å². The molecule has 1 N–H and O–H groups in total. The van der Waals surface area contributed by atoms with Crippen molar-refractivity contribution in [2.75, 3.05) is 13.1 Å². The minimum absolute atomic E-state index is 0.0102. The highest BCUT2D eigenvalue weighted by Gasteiger charge is 2.52. The molecule has 4 aromatic carbocycles. The van der Waals surface area contributed by atoms with Crippen LogP contribution in [0.4, 0.5) is 4.79 Å². The zero-order valence-corrected chi connectivity index (χ0v) is 26.7. The summed E-state index contributed by atoms with van der Waals surface area (Å²) in [5, 5.41) is 9.43. The summed E-state index contributed by atoms with van der Waals surface area (Å²) < 4.78 is 0. The zero-order valence-electron chi connectivity index (χ0n) is 25.2. The highest BCUT2D eigenvalue weighted by Crippen LogP contribution is 2.32. The second-order valence-corrected chi connectivity index (χ2v) is 12.6. The van der Waals surface area contributed by atoms with Gasteiger partial charge in [0.25, 0.3) is 0 Å². The topological polar surface area (TPSA) is 76.2 Å². The molecule has 10 heteroatoms. The van der Waals surface area contributed by atoms with E-state index in [9.17, 15) is 14.4 Å². The van der Waals surface area contributed by atoms with Crippen molar-refractivity contribution in [3.05, 3.63) is 118 Å². The third-order valence-corrected chi connectivity index (χ3v) is 9.22. The van der Waals surface area contributed by atoms with E-state index in [1.807, 2.05) is 78.4 Å². The molecule has 45 heavy (non-hydrogen) atoms. The minimum Gasteiger partial charge on any atom is -0.333 e. The number of benzene rings is 4. The molecule has 0 aromatic heterocycles. The fraction of sp³-hybridized carbons (Fsp3) is 0.286. The number of fused-ring (bicyclic) bond motifs is 2. The number of halogens is 2. The number of urea groups is 1. The maximum absolute atomic E-state index is 14.2. The molecule has 0 aliphatic carbocycles. The Hall–Kier alpha value is -4.11. The van der Waals surface area contributed by atoms with Crippen molar-refractivity contribution in [3.8, 4) is 0 Å². The van der Waals surface area contributed by atoms with E-state index in [0.717, 1.165) is 27.5 Å². The van der Waals surface area contributed by atoms with Crippen molar-refractivity contribution in [1.29, 1.82) is 0 Å². The summed E-state index contributed by atoms with van der Waals surface area (Å²) in [5.74, 6) is -0.277. The number of carbonyl (C=O) groups excluding carboxylic acids is 3. The van der Waals surface area contributed by atoms with Crippen LogP contribution in [0.3, 0.4) is 0 Å². The van der Waals surface area contributed by atoms with Gasteiger partial charge in [0, 0.05) is 25.6 Å². The highest BCUT2D eigenvalue weighted by molar-refractivity contribution is 6.42. The van der Waals surface area contributed by atoms with Gasteiger partial charge in [-0.3, -0.25) is 14.6 Å². The Morgan fingerprint density at radius 1 is 0.911 bits per heavy atom. The molecule has 0 bridgehead atoms. The van der Waals surface area contributed by atoms with Crippen LogP contribution in [-0.4, -0.2) is 69.0 Å². The van der Waals surface area contributed by atoms with Gasteiger partial charge >= 0.3 is 6.03 Å². The molecule has 2 aliphatic heterocycles. The first kappa shape index (κ1) is 30.9.